The van der Waals surface area contributed by atoms with Gasteiger partial charge in [-0.1, -0.05) is 23.2 Å². The number of carbonyl (C=O) groups is 1. The summed E-state index contributed by atoms with van der Waals surface area (Å²) < 4.78 is 28.7. The number of sulfone groups is 1. The van der Waals surface area contributed by atoms with E-state index in [1.54, 1.807) is 6.07 Å². The van der Waals surface area contributed by atoms with Crippen LogP contribution >= 0.6 is 23.2 Å². The number of hydrogen-bond donors (Lipinski definition) is 3. The van der Waals surface area contributed by atoms with Crippen LogP contribution in [0.1, 0.15) is 13.3 Å². The summed E-state index contributed by atoms with van der Waals surface area (Å²) in [5.74, 6) is -0.787. The molecule has 3 N–H and O–H groups in total. The standard InChI is InChI=1S/C19H22Cl2N2O7S/c1-19(18(26)22-27,31(2,28)29)4-6-23-5-3-12(9-17(23)25)13-10-15(21)16(11-14(13)20)30-8-7-24/h3,5,9-11,24,27H,4,6-8H2,1-2H3,(H,22,26). The molecule has 9 nitrogen and oxygen atoms in total. The molecular weight excluding hydrogens is 471 g/mol. The molecule has 1 unspecified atom stereocenters. The van der Waals surface area contributed by atoms with E-state index in [9.17, 15) is 18.0 Å². The highest BCUT2D eigenvalue weighted by atomic mass is 35.5. The second-order valence-electron chi connectivity index (χ2n) is 6.98. The number of nitrogens with one attached hydrogen (secondary N) is 1. The maximum atomic E-state index is 12.6. The van der Waals surface area contributed by atoms with E-state index in [2.05, 4.69) is 0 Å². The number of rotatable bonds is 9. The molecule has 0 aliphatic carbocycles. The summed E-state index contributed by atoms with van der Waals surface area (Å²) in [5.41, 5.74) is 1.86. The van der Waals surface area contributed by atoms with Crippen molar-refractivity contribution in [2.45, 2.75) is 24.6 Å². The Kier molecular flexibility index (Phi) is 8.12. The number of aliphatic hydroxyl groups is 1. The SMILES string of the molecule is CC(CCn1ccc(-c2cc(Cl)c(OCCO)cc2Cl)cc1=O)(C(=O)NO)S(C)(=O)=O. The van der Waals surface area contributed by atoms with Crippen molar-refractivity contribution in [1.29, 1.82) is 0 Å². The molecule has 0 aliphatic rings. The van der Waals surface area contributed by atoms with Crippen LogP contribution < -0.4 is 15.8 Å². The molecule has 12 heteroatoms. The quantitative estimate of drug-likeness (QED) is 0.359. The molecule has 2 rings (SSSR count). The Labute approximate surface area is 189 Å². The molecule has 0 saturated carbocycles. The topological polar surface area (TPSA) is 135 Å². The monoisotopic (exact) mass is 492 g/mol. The molecular formula is C19H22Cl2N2O7S. The minimum absolute atomic E-state index is 0.0478. The molecule has 2 aromatic rings. The number of benzene rings is 1. The van der Waals surface area contributed by atoms with E-state index in [4.69, 9.17) is 38.3 Å². The van der Waals surface area contributed by atoms with Crippen molar-refractivity contribution in [1.82, 2.24) is 10.0 Å². The summed E-state index contributed by atoms with van der Waals surface area (Å²) in [5, 5.41) is 18.3. The minimum atomic E-state index is -3.88. The lowest BCUT2D eigenvalue weighted by atomic mass is 10.1. The number of pyridine rings is 1. The molecule has 0 aliphatic heterocycles. The number of carbonyl (C=O) groups excluding carboxylic acids is 1. The minimum Gasteiger partial charge on any atom is -0.490 e. The molecule has 0 saturated heterocycles. The van der Waals surface area contributed by atoms with Gasteiger partial charge in [0.15, 0.2) is 14.6 Å². The van der Waals surface area contributed by atoms with Gasteiger partial charge < -0.3 is 14.4 Å². The van der Waals surface area contributed by atoms with Gasteiger partial charge in [0.2, 0.25) is 0 Å². The maximum Gasteiger partial charge on any atom is 0.264 e. The van der Waals surface area contributed by atoms with E-state index in [1.165, 1.54) is 41.4 Å². The lowest BCUT2D eigenvalue weighted by molar-refractivity contribution is -0.131. The van der Waals surface area contributed by atoms with Crippen LogP contribution in [0.5, 0.6) is 5.75 Å². The second kappa shape index (κ2) is 10.0. The van der Waals surface area contributed by atoms with Crippen molar-refractivity contribution in [3.63, 3.8) is 0 Å². The summed E-state index contributed by atoms with van der Waals surface area (Å²) in [7, 11) is -3.88. The average molecular weight is 493 g/mol. The Morgan fingerprint density at radius 2 is 1.94 bits per heavy atom. The zero-order chi connectivity index (χ0) is 23.4. The zero-order valence-corrected chi connectivity index (χ0v) is 19.1. The summed E-state index contributed by atoms with van der Waals surface area (Å²) >= 11 is 12.5. The van der Waals surface area contributed by atoms with Gasteiger partial charge in [-0.05, 0) is 31.0 Å². The first-order valence-corrected chi connectivity index (χ1v) is 11.7. The first kappa shape index (κ1) is 25.2. The first-order chi connectivity index (χ1) is 14.4. The fraction of sp³-hybridized carbons (Fsp3) is 0.368. The predicted octanol–water partition coefficient (Wildman–Crippen LogP) is 1.89. The summed E-state index contributed by atoms with van der Waals surface area (Å²) in [4.78, 5) is 24.5. The molecule has 1 amide bonds. The van der Waals surface area contributed by atoms with Crippen molar-refractivity contribution in [3.8, 4) is 16.9 Å². The number of halogens is 2. The van der Waals surface area contributed by atoms with E-state index < -0.39 is 26.1 Å². The van der Waals surface area contributed by atoms with Gasteiger partial charge in [0.05, 0.1) is 16.7 Å². The number of aryl methyl sites for hydroxylation is 1. The Morgan fingerprint density at radius 3 is 2.48 bits per heavy atom. The van der Waals surface area contributed by atoms with Gasteiger partial charge in [-0.25, -0.2) is 13.9 Å². The third-order valence-electron chi connectivity index (χ3n) is 4.91. The van der Waals surface area contributed by atoms with E-state index >= 15 is 0 Å². The van der Waals surface area contributed by atoms with Crippen molar-refractivity contribution in [3.05, 3.63) is 50.9 Å². The molecule has 0 radical (unpaired) electrons. The van der Waals surface area contributed by atoms with Crippen LogP contribution in [-0.2, 0) is 21.2 Å². The molecule has 0 spiro atoms. The van der Waals surface area contributed by atoms with Gasteiger partial charge in [0.1, 0.15) is 12.4 Å². The Hall–Kier alpha value is -2.11. The van der Waals surface area contributed by atoms with E-state index in [1.807, 2.05) is 0 Å². The first-order valence-electron chi connectivity index (χ1n) is 9.02. The van der Waals surface area contributed by atoms with Crippen molar-refractivity contribution in [2.75, 3.05) is 19.5 Å². The number of aliphatic hydroxyl groups excluding tert-OH is 1. The molecule has 0 bridgehead atoms. The third kappa shape index (κ3) is 5.58. The van der Waals surface area contributed by atoms with E-state index in [-0.39, 0.29) is 36.2 Å². The van der Waals surface area contributed by atoms with Crippen LogP contribution in [0.2, 0.25) is 10.0 Å². The van der Waals surface area contributed by atoms with Crippen LogP contribution in [0, 0.1) is 0 Å². The van der Waals surface area contributed by atoms with Gasteiger partial charge >= 0.3 is 0 Å². The number of amides is 1. The normalized spacial score (nSPS) is 13.5. The van der Waals surface area contributed by atoms with Gasteiger partial charge in [0.25, 0.3) is 11.5 Å². The van der Waals surface area contributed by atoms with Crippen LogP contribution in [0.3, 0.4) is 0 Å². The Bertz CT molecular complexity index is 1130. The number of aromatic nitrogens is 1. The highest BCUT2D eigenvalue weighted by Gasteiger charge is 2.43. The highest BCUT2D eigenvalue weighted by Crippen LogP contribution is 2.36. The van der Waals surface area contributed by atoms with Crippen LogP contribution in [0.25, 0.3) is 11.1 Å². The van der Waals surface area contributed by atoms with Gasteiger partial charge in [-0.15, -0.1) is 0 Å². The fourth-order valence-electron chi connectivity index (χ4n) is 2.80. The highest BCUT2D eigenvalue weighted by molar-refractivity contribution is 7.92. The summed E-state index contributed by atoms with van der Waals surface area (Å²) in [6, 6.07) is 5.90. The molecule has 31 heavy (non-hydrogen) atoms. The molecule has 1 atom stereocenters. The fourth-order valence-corrected chi connectivity index (χ4v) is 4.12. The lowest BCUT2D eigenvalue weighted by Gasteiger charge is -2.25. The Morgan fingerprint density at radius 1 is 1.26 bits per heavy atom. The third-order valence-corrected chi connectivity index (χ3v) is 7.54. The van der Waals surface area contributed by atoms with E-state index in [0.717, 1.165) is 6.26 Å². The predicted molar refractivity (Wildman–Crippen MR) is 117 cm³/mol. The van der Waals surface area contributed by atoms with Crippen molar-refractivity contribution < 1.29 is 28.3 Å². The molecule has 1 aromatic heterocycles. The van der Waals surface area contributed by atoms with Crippen LogP contribution in [-0.4, -0.2) is 53.4 Å². The zero-order valence-electron chi connectivity index (χ0n) is 16.8. The molecule has 0 fully saturated rings. The van der Waals surface area contributed by atoms with Gasteiger partial charge in [-0.2, -0.15) is 0 Å². The van der Waals surface area contributed by atoms with Crippen LogP contribution in [0.4, 0.5) is 0 Å². The number of hydroxylamine groups is 1. The van der Waals surface area contributed by atoms with Crippen molar-refractivity contribution in [2.24, 2.45) is 0 Å². The summed E-state index contributed by atoms with van der Waals surface area (Å²) in [6.07, 6.45) is 2.09. The second-order valence-corrected chi connectivity index (χ2v) is 10.2. The summed E-state index contributed by atoms with van der Waals surface area (Å²) in [6.45, 7) is 0.951. The lowest BCUT2D eigenvalue weighted by Crippen LogP contribution is -2.49. The van der Waals surface area contributed by atoms with Crippen molar-refractivity contribution >= 4 is 38.9 Å². The van der Waals surface area contributed by atoms with E-state index in [0.29, 0.717) is 16.9 Å². The maximum absolute atomic E-state index is 12.6. The number of hydrogen-bond acceptors (Lipinski definition) is 7. The molecule has 1 aromatic carbocycles. The molecule has 1 heterocycles. The molecule has 170 valence electrons. The Balaban J connectivity index is 2.31. The number of ether oxygens (including phenoxy) is 1. The number of nitrogens with zero attached hydrogens (tertiary/aromatic N) is 1. The van der Waals surface area contributed by atoms with Gasteiger partial charge in [-0.3, -0.25) is 14.8 Å². The largest absolute Gasteiger partial charge is 0.490 e. The van der Waals surface area contributed by atoms with Gasteiger partial charge in [0, 0.05) is 36.7 Å². The smallest absolute Gasteiger partial charge is 0.264 e. The van der Waals surface area contributed by atoms with Crippen LogP contribution in [0.15, 0.2) is 35.3 Å². The average Bonchev–Trinajstić information content (AvgIpc) is 2.71.